The Morgan fingerprint density at radius 3 is 2.54 bits per heavy atom. The minimum atomic E-state index is -0.461. The van der Waals surface area contributed by atoms with E-state index in [1.807, 2.05) is 19.9 Å². The van der Waals surface area contributed by atoms with Crippen molar-refractivity contribution in [3.05, 3.63) is 75.4 Å². The van der Waals surface area contributed by atoms with Crippen molar-refractivity contribution in [1.29, 1.82) is 0 Å². The number of amides is 1. The molecule has 1 aromatic heterocycles. The molecule has 0 fully saturated rings. The van der Waals surface area contributed by atoms with Crippen LogP contribution < -0.4 is 5.32 Å². The van der Waals surface area contributed by atoms with Crippen LogP contribution in [0.1, 0.15) is 30.8 Å². The number of rotatable bonds is 6. The third-order valence-electron chi connectivity index (χ3n) is 4.39. The van der Waals surface area contributed by atoms with Gasteiger partial charge in [0, 0.05) is 23.7 Å². The number of nitro benzene ring substituents is 1. The molecule has 1 N–H and O–H groups in total. The zero-order valence-electron chi connectivity index (χ0n) is 15.4. The number of nitro groups is 1. The quantitative estimate of drug-likeness (QED) is 0.484. The second-order valence-corrected chi connectivity index (χ2v) is 6.77. The molecule has 3 rings (SSSR count). The van der Waals surface area contributed by atoms with Crippen LogP contribution in [0, 0.1) is 10.1 Å². The highest BCUT2D eigenvalue weighted by Gasteiger charge is 2.20. The topological polar surface area (TPSA) is 90.1 Å². The summed E-state index contributed by atoms with van der Waals surface area (Å²) in [7, 11) is 0. The van der Waals surface area contributed by atoms with Crippen LogP contribution in [0.2, 0.25) is 5.02 Å². The van der Waals surface area contributed by atoms with Gasteiger partial charge in [-0.15, -0.1) is 0 Å². The van der Waals surface area contributed by atoms with E-state index in [9.17, 15) is 14.9 Å². The van der Waals surface area contributed by atoms with E-state index in [1.54, 1.807) is 36.4 Å². The van der Waals surface area contributed by atoms with E-state index in [2.05, 4.69) is 10.4 Å². The average molecular weight is 399 g/mol. The van der Waals surface area contributed by atoms with Crippen LogP contribution in [-0.4, -0.2) is 26.7 Å². The molecular weight excluding hydrogens is 380 g/mol. The number of hydrogen-bond acceptors (Lipinski definition) is 4. The Kier molecular flexibility index (Phi) is 5.75. The van der Waals surface area contributed by atoms with Crippen LogP contribution in [0.4, 0.5) is 5.69 Å². The second kappa shape index (κ2) is 8.22. The molecule has 0 bridgehead atoms. The highest BCUT2D eigenvalue weighted by Crippen LogP contribution is 2.27. The monoisotopic (exact) mass is 398 g/mol. The summed E-state index contributed by atoms with van der Waals surface area (Å²) in [4.78, 5) is 23.2. The molecule has 0 saturated heterocycles. The number of aromatic nitrogens is 2. The average Bonchev–Trinajstić information content (AvgIpc) is 3.13. The Labute approximate surface area is 167 Å². The van der Waals surface area contributed by atoms with Gasteiger partial charge in [-0.25, -0.2) is 4.68 Å². The highest BCUT2D eigenvalue weighted by molar-refractivity contribution is 6.32. The van der Waals surface area contributed by atoms with Crippen molar-refractivity contribution in [1.82, 2.24) is 15.1 Å². The Morgan fingerprint density at radius 2 is 1.93 bits per heavy atom. The molecule has 0 aliphatic heterocycles. The van der Waals surface area contributed by atoms with Gasteiger partial charge in [0.15, 0.2) is 0 Å². The molecule has 2 aromatic carbocycles. The molecule has 0 aliphatic rings. The Bertz CT molecular complexity index is 1010. The number of carbonyl (C=O) groups excluding carboxylic acids is 1. The summed E-state index contributed by atoms with van der Waals surface area (Å²) in [6.07, 6.45) is 0.793. The number of non-ortho nitro benzene ring substituents is 1. The number of carbonyl (C=O) groups is 1. The molecule has 8 heteroatoms. The molecule has 1 amide bonds. The van der Waals surface area contributed by atoms with Gasteiger partial charge in [-0.3, -0.25) is 14.9 Å². The predicted octanol–water partition coefficient (Wildman–Crippen LogP) is 4.63. The summed E-state index contributed by atoms with van der Waals surface area (Å²) in [6.45, 7) is 3.91. The summed E-state index contributed by atoms with van der Waals surface area (Å²) in [5.74, 6) is -0.269. The van der Waals surface area contributed by atoms with Crippen molar-refractivity contribution in [2.45, 2.75) is 26.3 Å². The maximum absolute atomic E-state index is 12.8. The number of nitrogens with one attached hydrogen (secondary N) is 1. The smallest absolute Gasteiger partial charge is 0.270 e. The molecule has 1 heterocycles. The largest absolute Gasteiger partial charge is 0.348 e. The van der Waals surface area contributed by atoms with Crippen LogP contribution in [0.3, 0.4) is 0 Å². The van der Waals surface area contributed by atoms with Gasteiger partial charge in [-0.2, -0.15) is 5.10 Å². The molecule has 144 valence electrons. The summed E-state index contributed by atoms with van der Waals surface area (Å²) >= 11 is 6.31. The third-order valence-corrected chi connectivity index (χ3v) is 4.71. The van der Waals surface area contributed by atoms with E-state index < -0.39 is 4.92 Å². The molecule has 3 aromatic rings. The van der Waals surface area contributed by atoms with Gasteiger partial charge in [-0.1, -0.05) is 30.7 Å². The Morgan fingerprint density at radius 1 is 1.25 bits per heavy atom. The van der Waals surface area contributed by atoms with Gasteiger partial charge >= 0.3 is 0 Å². The van der Waals surface area contributed by atoms with Crippen molar-refractivity contribution < 1.29 is 9.72 Å². The number of hydrogen-bond donors (Lipinski definition) is 1. The van der Waals surface area contributed by atoms with E-state index in [0.29, 0.717) is 27.7 Å². The fraction of sp³-hybridized carbons (Fsp3) is 0.200. The van der Waals surface area contributed by atoms with Crippen LogP contribution in [-0.2, 0) is 0 Å². The SMILES string of the molecule is CC[C@@H](C)NC(=O)c1cc(-c2ccc([N+](=O)[O-])cc2)nn1-c1ccccc1Cl. The number of halogens is 1. The summed E-state index contributed by atoms with van der Waals surface area (Å²) in [5.41, 5.74) is 2.08. The van der Waals surface area contributed by atoms with Crippen LogP contribution >= 0.6 is 11.6 Å². The number of nitrogens with zero attached hydrogens (tertiary/aromatic N) is 3. The van der Waals surface area contributed by atoms with Gasteiger partial charge in [0.2, 0.25) is 0 Å². The van der Waals surface area contributed by atoms with E-state index in [4.69, 9.17) is 11.6 Å². The summed E-state index contributed by atoms with van der Waals surface area (Å²) < 4.78 is 1.50. The molecule has 0 spiro atoms. The summed E-state index contributed by atoms with van der Waals surface area (Å²) in [5, 5.41) is 18.8. The van der Waals surface area contributed by atoms with Crippen LogP contribution in [0.25, 0.3) is 16.9 Å². The number of benzene rings is 2. The molecule has 1 atom stereocenters. The first-order valence-corrected chi connectivity index (χ1v) is 9.19. The maximum atomic E-state index is 12.8. The first-order valence-electron chi connectivity index (χ1n) is 8.81. The Balaban J connectivity index is 2.08. The van der Waals surface area contributed by atoms with Gasteiger partial charge in [-0.05, 0) is 43.7 Å². The summed E-state index contributed by atoms with van der Waals surface area (Å²) in [6, 6.07) is 14.8. The van der Waals surface area contributed by atoms with Gasteiger partial charge in [0.05, 0.1) is 21.3 Å². The lowest BCUT2D eigenvalue weighted by Gasteiger charge is -2.13. The van der Waals surface area contributed by atoms with Gasteiger partial charge in [0.1, 0.15) is 5.69 Å². The van der Waals surface area contributed by atoms with Gasteiger partial charge in [0.25, 0.3) is 11.6 Å². The first kappa shape index (κ1) is 19.6. The predicted molar refractivity (Wildman–Crippen MR) is 108 cm³/mol. The highest BCUT2D eigenvalue weighted by atomic mass is 35.5. The van der Waals surface area contributed by atoms with Crippen molar-refractivity contribution in [2.75, 3.05) is 0 Å². The van der Waals surface area contributed by atoms with E-state index in [0.717, 1.165) is 6.42 Å². The molecular formula is C20H19ClN4O3. The molecule has 28 heavy (non-hydrogen) atoms. The standard InChI is InChI=1S/C20H19ClN4O3/c1-3-13(2)22-20(26)19-12-17(14-8-10-15(11-9-14)25(27)28)23-24(19)18-7-5-4-6-16(18)21/h4-13H,3H2,1-2H3,(H,22,26)/t13-/m1/s1. The normalized spacial score (nSPS) is 11.8. The zero-order valence-corrected chi connectivity index (χ0v) is 16.2. The maximum Gasteiger partial charge on any atom is 0.270 e. The zero-order chi connectivity index (χ0) is 20.3. The van der Waals surface area contributed by atoms with Gasteiger partial charge < -0.3 is 5.32 Å². The van der Waals surface area contributed by atoms with Crippen molar-refractivity contribution >= 4 is 23.2 Å². The lowest BCUT2D eigenvalue weighted by molar-refractivity contribution is -0.384. The number of para-hydroxylation sites is 1. The lowest BCUT2D eigenvalue weighted by atomic mass is 10.1. The Hall–Kier alpha value is -3.19. The molecule has 0 saturated carbocycles. The molecule has 0 radical (unpaired) electrons. The van der Waals surface area contributed by atoms with Crippen molar-refractivity contribution in [3.8, 4) is 16.9 Å². The van der Waals surface area contributed by atoms with Crippen molar-refractivity contribution in [2.24, 2.45) is 0 Å². The molecule has 7 nitrogen and oxygen atoms in total. The first-order chi connectivity index (χ1) is 13.4. The molecule has 0 unspecified atom stereocenters. The fourth-order valence-electron chi connectivity index (χ4n) is 2.64. The van der Waals surface area contributed by atoms with Crippen LogP contribution in [0.15, 0.2) is 54.6 Å². The second-order valence-electron chi connectivity index (χ2n) is 6.36. The van der Waals surface area contributed by atoms with E-state index >= 15 is 0 Å². The van der Waals surface area contributed by atoms with Crippen LogP contribution in [0.5, 0.6) is 0 Å². The minimum Gasteiger partial charge on any atom is -0.348 e. The third kappa shape index (κ3) is 4.04. The molecule has 0 aliphatic carbocycles. The van der Waals surface area contributed by atoms with Crippen molar-refractivity contribution in [3.63, 3.8) is 0 Å². The lowest BCUT2D eigenvalue weighted by Crippen LogP contribution is -2.33. The minimum absolute atomic E-state index is 0.00456. The van der Waals surface area contributed by atoms with E-state index in [1.165, 1.54) is 16.8 Å². The fourth-order valence-corrected chi connectivity index (χ4v) is 2.86. The van der Waals surface area contributed by atoms with E-state index in [-0.39, 0.29) is 17.6 Å².